The number of Topliss-reactive ketones (excluding diaryl/α,β-unsaturated/α-hetero) is 3. The average molecular weight is 1210 g/mol. The number of ketones is 3. The van der Waals surface area contributed by atoms with Gasteiger partial charge in [0.2, 0.25) is 41.4 Å². The molecule has 2 heterocycles. The normalized spacial score (nSPS) is 16.0. The maximum absolute atomic E-state index is 14.3. The van der Waals surface area contributed by atoms with Crippen molar-refractivity contribution in [3.05, 3.63) is 102 Å². The highest BCUT2D eigenvalue weighted by atomic mass is 16.3. The van der Waals surface area contributed by atoms with Crippen LogP contribution in [-0.4, -0.2) is 160 Å². The fourth-order valence-corrected chi connectivity index (χ4v) is 10.4. The van der Waals surface area contributed by atoms with Crippen LogP contribution in [0.2, 0.25) is 0 Å². The highest BCUT2D eigenvalue weighted by Gasteiger charge is 2.40. The summed E-state index contributed by atoms with van der Waals surface area (Å²) in [5, 5.41) is 40.1. The molecule has 1 aromatic heterocycles. The van der Waals surface area contributed by atoms with E-state index in [9.17, 15) is 63.0 Å². The molecular weight excluding hydrogens is 1120 g/mol. The summed E-state index contributed by atoms with van der Waals surface area (Å²) in [5.74, 6) is -9.98. The Morgan fingerprint density at radius 1 is 0.690 bits per heavy atom. The number of likely N-dealkylation sites (tertiary alicyclic amines) is 1. The Bertz CT molecular complexity index is 3100. The number of urea groups is 1. The number of aliphatic imine (C=N–C) groups is 1. The fourth-order valence-electron chi connectivity index (χ4n) is 10.4. The molecule has 9 amide bonds. The van der Waals surface area contributed by atoms with Crippen LogP contribution in [0, 0.1) is 17.8 Å². The number of nitrogens with two attached hydrogens (primary N) is 3. The van der Waals surface area contributed by atoms with Crippen molar-refractivity contribution < 1.29 is 63.0 Å². The Morgan fingerprint density at radius 2 is 1.33 bits per heavy atom. The van der Waals surface area contributed by atoms with Crippen molar-refractivity contribution in [1.29, 1.82) is 0 Å². The SMILES string of the molecule is CN=C(N)NCCC[C@H](CC(=O)[C@H](CC(C)C)NC(=O)NCC(=O)[C@H](Cc1ccccc1)NC(=O)[C@@H](CC(=O)[C@H](CC(N)=O)NC(=O)[C@@H]1CCCN1C(=O)[C@H](Cc1ccc(O)cc1)NC(C)=O)[C@@H](C)O)C(=O)N[C@@H](Cc1c[nH]c2ccccc12)C(N)=O. The summed E-state index contributed by atoms with van der Waals surface area (Å²) in [4.78, 5) is 158. The molecule has 4 aromatic rings. The number of aromatic nitrogens is 1. The largest absolute Gasteiger partial charge is 0.508 e. The number of hydrogen-bond donors (Lipinski definition) is 13. The second kappa shape index (κ2) is 33.5. The minimum absolute atomic E-state index is 0.00586. The van der Waals surface area contributed by atoms with Crippen molar-refractivity contribution in [3.8, 4) is 5.75 Å². The number of para-hydroxylation sites is 1. The molecule has 9 atom stereocenters. The quantitative estimate of drug-likeness (QED) is 0.0170. The van der Waals surface area contributed by atoms with E-state index < -0.39 is 138 Å². The first kappa shape index (κ1) is 68.6. The molecule has 3 aromatic carbocycles. The Balaban J connectivity index is 1.27. The number of carbonyl (C=O) groups excluding carboxylic acids is 11. The molecule has 1 aliphatic rings. The van der Waals surface area contributed by atoms with Gasteiger partial charge in [0, 0.05) is 75.8 Å². The number of guanidine groups is 1. The number of fused-ring (bicyclic) bond motifs is 1. The Hall–Kier alpha value is -9.20. The van der Waals surface area contributed by atoms with E-state index in [4.69, 9.17) is 17.2 Å². The number of rotatable bonds is 34. The molecule has 16 N–H and O–H groups in total. The first-order valence-electron chi connectivity index (χ1n) is 29.0. The van der Waals surface area contributed by atoms with Gasteiger partial charge in [-0.25, -0.2) is 4.79 Å². The lowest BCUT2D eigenvalue weighted by Gasteiger charge is -2.30. The number of hydrogen-bond acceptors (Lipinski definition) is 14. The third-order valence-electron chi connectivity index (χ3n) is 15.0. The molecule has 470 valence electrons. The summed E-state index contributed by atoms with van der Waals surface area (Å²) in [6.07, 6.45) is -0.534. The molecule has 0 radical (unpaired) electrons. The predicted octanol–water partition coefficient (Wildman–Crippen LogP) is 0.341. The van der Waals surface area contributed by atoms with Gasteiger partial charge in [-0.1, -0.05) is 74.5 Å². The number of phenols is 1. The molecule has 0 bridgehead atoms. The first-order valence-corrected chi connectivity index (χ1v) is 29.0. The van der Waals surface area contributed by atoms with Gasteiger partial charge >= 0.3 is 6.03 Å². The molecule has 1 saturated heterocycles. The number of nitrogens with one attached hydrogen (secondary N) is 8. The van der Waals surface area contributed by atoms with E-state index in [0.29, 0.717) is 30.5 Å². The summed E-state index contributed by atoms with van der Waals surface area (Å²) in [7, 11) is 1.50. The standard InChI is InChI=1S/C61H83N13O13/c1-34(2)25-45(51(78)29-39(15-11-23-66-60(64)65-5)56(83)72-48(55(63)82)28-40-32-67-44-17-10-9-16-42(40)44)73-61(87)68-33-53(80)46(26-37-13-7-6-8-14-37)70-57(84)43(35(3)75)30-52(79)47(31-54(62)81)71-58(85)50-18-12-24-74(50)59(86)49(69-36(4)76)27-38-19-21-41(77)22-20-38/h6-10,13-14,16-17,19-22,32,34-35,39,43,45-50,67,75,77H,11-12,15,18,23-31,33H2,1-5H3,(H2,62,81)(H2,63,82)(H,69,76)(H,70,84)(H,71,85)(H,72,83)(H3,64,65,66)(H2,68,73,87)/t35-,39-,43+,45+,46+,47+,48+,49+,50+/m1/s1. The van der Waals surface area contributed by atoms with E-state index in [1.54, 1.807) is 48.7 Å². The van der Waals surface area contributed by atoms with Crippen molar-refractivity contribution in [2.24, 2.45) is 39.9 Å². The van der Waals surface area contributed by atoms with Crippen molar-refractivity contribution in [2.45, 2.75) is 141 Å². The molecule has 1 fully saturated rings. The highest BCUT2D eigenvalue weighted by molar-refractivity contribution is 6.00. The number of benzene rings is 3. The zero-order valence-corrected chi connectivity index (χ0v) is 49.8. The lowest BCUT2D eigenvalue weighted by Crippen LogP contribution is -2.56. The van der Waals surface area contributed by atoms with Gasteiger partial charge in [0.25, 0.3) is 0 Å². The zero-order chi connectivity index (χ0) is 63.9. The fraction of sp³-hybridized carbons (Fsp3) is 0.475. The predicted molar refractivity (Wildman–Crippen MR) is 323 cm³/mol. The maximum atomic E-state index is 14.3. The smallest absolute Gasteiger partial charge is 0.315 e. The van der Waals surface area contributed by atoms with Crippen molar-refractivity contribution in [1.82, 2.24) is 47.1 Å². The number of nitrogens with zero attached hydrogens (tertiary/aromatic N) is 2. The number of carbonyl (C=O) groups is 11. The third-order valence-corrected chi connectivity index (χ3v) is 15.0. The number of phenolic OH excluding ortho intramolecular Hbond substituents is 1. The minimum Gasteiger partial charge on any atom is -0.508 e. The second-order valence-electron chi connectivity index (χ2n) is 22.4. The van der Waals surface area contributed by atoms with E-state index in [-0.39, 0.29) is 69.1 Å². The van der Waals surface area contributed by atoms with E-state index in [0.717, 1.165) is 16.5 Å². The van der Waals surface area contributed by atoms with Crippen LogP contribution in [0.1, 0.15) is 95.8 Å². The molecule has 0 unspecified atom stereocenters. The number of aliphatic hydroxyl groups is 1. The number of aromatic hydroxyl groups is 1. The molecule has 1 aliphatic heterocycles. The molecule has 5 rings (SSSR count). The molecule has 87 heavy (non-hydrogen) atoms. The van der Waals surface area contributed by atoms with Crippen LogP contribution in [-0.2, 0) is 67.2 Å². The summed E-state index contributed by atoms with van der Waals surface area (Å²) in [6, 6.07) is 13.5. The number of aliphatic hydroxyl groups excluding tert-OH is 1. The lowest BCUT2D eigenvalue weighted by atomic mass is 9.90. The first-order chi connectivity index (χ1) is 41.3. The number of amides is 9. The zero-order valence-electron chi connectivity index (χ0n) is 49.8. The lowest BCUT2D eigenvalue weighted by molar-refractivity contribution is -0.142. The van der Waals surface area contributed by atoms with Gasteiger partial charge < -0.3 is 74.5 Å². The molecular formula is C61H83N13O13. The third kappa shape index (κ3) is 21.7. The minimum atomic E-state index is -1.62. The average Bonchev–Trinajstić information content (AvgIpc) is 2.40. The summed E-state index contributed by atoms with van der Waals surface area (Å²) in [6.45, 7) is 5.83. The second-order valence-corrected chi connectivity index (χ2v) is 22.4. The molecule has 26 nitrogen and oxygen atoms in total. The van der Waals surface area contributed by atoms with Gasteiger partial charge in [-0.2, -0.15) is 0 Å². The van der Waals surface area contributed by atoms with E-state index in [1.807, 2.05) is 38.1 Å². The van der Waals surface area contributed by atoms with Crippen molar-refractivity contribution in [3.63, 3.8) is 0 Å². The van der Waals surface area contributed by atoms with E-state index in [1.165, 1.54) is 37.9 Å². The summed E-state index contributed by atoms with van der Waals surface area (Å²) in [5.41, 5.74) is 19.9. The van der Waals surface area contributed by atoms with Gasteiger partial charge in [0.15, 0.2) is 23.3 Å². The maximum Gasteiger partial charge on any atom is 0.315 e. The monoisotopic (exact) mass is 1210 g/mol. The van der Waals surface area contributed by atoms with Gasteiger partial charge in [-0.15, -0.1) is 0 Å². The van der Waals surface area contributed by atoms with Crippen molar-refractivity contribution in [2.75, 3.05) is 26.7 Å². The Kier molecular flexibility index (Phi) is 26.4. The van der Waals surface area contributed by atoms with Crippen molar-refractivity contribution >= 4 is 81.6 Å². The van der Waals surface area contributed by atoms with Crippen LogP contribution in [0.3, 0.4) is 0 Å². The van der Waals surface area contributed by atoms with Crippen LogP contribution in [0.4, 0.5) is 4.79 Å². The molecule has 0 spiro atoms. The van der Waals surface area contributed by atoms with Crippen LogP contribution in [0.5, 0.6) is 5.75 Å². The summed E-state index contributed by atoms with van der Waals surface area (Å²) >= 11 is 0. The highest BCUT2D eigenvalue weighted by Crippen LogP contribution is 2.24. The van der Waals surface area contributed by atoms with Gasteiger partial charge in [0.1, 0.15) is 23.9 Å². The van der Waals surface area contributed by atoms with E-state index >= 15 is 0 Å². The van der Waals surface area contributed by atoms with Gasteiger partial charge in [-0.3, -0.25) is 52.9 Å². The van der Waals surface area contributed by atoms with E-state index in [2.05, 4.69) is 47.2 Å². The topological polar surface area (TPSA) is 422 Å². The Morgan fingerprint density at radius 3 is 1.98 bits per heavy atom. The van der Waals surface area contributed by atoms with Crippen LogP contribution < -0.4 is 54.4 Å². The molecule has 26 heteroatoms. The Labute approximate surface area is 504 Å². The molecule has 0 saturated carbocycles. The van der Waals surface area contributed by atoms with Crippen LogP contribution in [0.15, 0.2) is 90.1 Å². The summed E-state index contributed by atoms with van der Waals surface area (Å²) < 4.78 is 0. The van der Waals surface area contributed by atoms with Gasteiger partial charge in [0.05, 0.1) is 43.1 Å². The van der Waals surface area contributed by atoms with Crippen LogP contribution in [0.25, 0.3) is 10.9 Å². The van der Waals surface area contributed by atoms with Crippen LogP contribution >= 0.6 is 0 Å². The number of primary amides is 2. The molecule has 0 aliphatic carbocycles. The van der Waals surface area contributed by atoms with Gasteiger partial charge in [-0.05, 0) is 86.3 Å². The number of aromatic amines is 1. The number of H-pyrrole nitrogens is 1.